The van der Waals surface area contributed by atoms with Crippen LogP contribution < -0.4 is 10.2 Å². The lowest BCUT2D eigenvalue weighted by atomic mass is 10.1. The van der Waals surface area contributed by atoms with E-state index in [-0.39, 0.29) is 11.4 Å². The molecule has 0 bridgehead atoms. The largest absolute Gasteiger partial charge is 0.418 e. The molecule has 2 aromatic carbocycles. The van der Waals surface area contributed by atoms with Gasteiger partial charge in [0.25, 0.3) is 5.91 Å². The predicted octanol–water partition coefficient (Wildman–Crippen LogP) is 3.91. The van der Waals surface area contributed by atoms with Crippen molar-refractivity contribution in [3.63, 3.8) is 0 Å². The van der Waals surface area contributed by atoms with Crippen LogP contribution in [0.2, 0.25) is 0 Å². The lowest BCUT2D eigenvalue weighted by Gasteiger charge is -2.18. The molecule has 0 saturated carbocycles. The molecule has 0 aliphatic rings. The molecule has 0 fully saturated rings. The standard InChI is InChI=1S/C19H18F3N5O/c1-12-17(25-27(24-12)13-7-5-4-6-8-13)18(28)23-16-10-9-14(26(2)3)11-15(16)19(20,21)22/h4-11H,1-3H3,(H,23,28). The van der Waals surface area contributed by atoms with E-state index in [1.54, 1.807) is 50.2 Å². The van der Waals surface area contributed by atoms with Gasteiger partial charge in [-0.2, -0.15) is 23.1 Å². The Kier molecular flexibility index (Phi) is 5.08. The highest BCUT2D eigenvalue weighted by atomic mass is 19.4. The van der Waals surface area contributed by atoms with Crippen LogP contribution in [-0.2, 0) is 6.18 Å². The van der Waals surface area contributed by atoms with E-state index in [0.29, 0.717) is 17.1 Å². The third kappa shape index (κ3) is 3.98. The molecule has 1 heterocycles. The first-order valence-corrected chi connectivity index (χ1v) is 8.36. The minimum absolute atomic E-state index is 0.0475. The number of rotatable bonds is 4. The monoisotopic (exact) mass is 389 g/mol. The van der Waals surface area contributed by atoms with Crippen LogP contribution in [0, 0.1) is 6.92 Å². The molecule has 146 valence electrons. The zero-order valence-corrected chi connectivity index (χ0v) is 15.4. The van der Waals surface area contributed by atoms with Gasteiger partial charge in [0.05, 0.1) is 22.6 Å². The van der Waals surface area contributed by atoms with Crippen molar-refractivity contribution in [2.75, 3.05) is 24.3 Å². The minimum Gasteiger partial charge on any atom is -0.378 e. The van der Waals surface area contributed by atoms with Gasteiger partial charge in [-0.3, -0.25) is 4.79 Å². The third-order valence-electron chi connectivity index (χ3n) is 4.06. The molecular formula is C19H18F3N5O. The van der Waals surface area contributed by atoms with E-state index in [1.807, 2.05) is 6.07 Å². The lowest BCUT2D eigenvalue weighted by molar-refractivity contribution is -0.136. The summed E-state index contributed by atoms with van der Waals surface area (Å²) >= 11 is 0. The summed E-state index contributed by atoms with van der Waals surface area (Å²) in [6, 6.07) is 12.6. The van der Waals surface area contributed by atoms with Gasteiger partial charge in [0, 0.05) is 19.8 Å². The highest BCUT2D eigenvalue weighted by Crippen LogP contribution is 2.37. The first-order chi connectivity index (χ1) is 13.2. The van der Waals surface area contributed by atoms with Gasteiger partial charge in [0.1, 0.15) is 0 Å². The second-order valence-corrected chi connectivity index (χ2v) is 6.34. The number of carbonyl (C=O) groups is 1. The van der Waals surface area contributed by atoms with Crippen molar-refractivity contribution in [1.82, 2.24) is 15.0 Å². The number of amides is 1. The quantitative estimate of drug-likeness (QED) is 0.735. The highest BCUT2D eigenvalue weighted by molar-refractivity contribution is 6.04. The Hall–Kier alpha value is -3.36. The van der Waals surface area contributed by atoms with Crippen molar-refractivity contribution in [3.8, 4) is 5.69 Å². The summed E-state index contributed by atoms with van der Waals surface area (Å²) in [5.41, 5.74) is -0.00195. The number of aromatic nitrogens is 3. The van der Waals surface area contributed by atoms with E-state index >= 15 is 0 Å². The SMILES string of the molecule is Cc1nn(-c2ccccc2)nc1C(=O)Nc1ccc(N(C)C)cc1C(F)(F)F. The number of anilines is 2. The van der Waals surface area contributed by atoms with Crippen LogP contribution in [0.1, 0.15) is 21.7 Å². The fraction of sp³-hybridized carbons (Fsp3) is 0.211. The van der Waals surface area contributed by atoms with Crippen molar-refractivity contribution < 1.29 is 18.0 Å². The topological polar surface area (TPSA) is 63.1 Å². The first kappa shape index (κ1) is 19.4. The molecule has 0 unspecified atom stereocenters. The molecule has 0 radical (unpaired) electrons. The molecule has 0 aliphatic carbocycles. The molecule has 28 heavy (non-hydrogen) atoms. The van der Waals surface area contributed by atoms with Crippen LogP contribution in [0.15, 0.2) is 48.5 Å². The van der Waals surface area contributed by atoms with Crippen molar-refractivity contribution in [2.24, 2.45) is 0 Å². The number of alkyl halides is 3. The van der Waals surface area contributed by atoms with E-state index in [4.69, 9.17) is 0 Å². The summed E-state index contributed by atoms with van der Waals surface area (Å²) < 4.78 is 40.3. The van der Waals surface area contributed by atoms with Crippen LogP contribution in [0.25, 0.3) is 5.69 Å². The van der Waals surface area contributed by atoms with Crippen LogP contribution in [-0.4, -0.2) is 35.0 Å². The van der Waals surface area contributed by atoms with E-state index in [1.165, 1.54) is 16.9 Å². The maximum atomic E-state index is 13.4. The average Bonchev–Trinajstić information content (AvgIpc) is 3.03. The van der Waals surface area contributed by atoms with Crippen molar-refractivity contribution in [1.29, 1.82) is 0 Å². The molecule has 9 heteroatoms. The first-order valence-electron chi connectivity index (χ1n) is 8.36. The number of halogens is 3. The number of hydrogen-bond donors (Lipinski definition) is 1. The molecule has 3 rings (SSSR count). The van der Waals surface area contributed by atoms with Crippen molar-refractivity contribution in [3.05, 3.63) is 65.5 Å². The summed E-state index contributed by atoms with van der Waals surface area (Å²) in [5.74, 6) is -0.761. The molecule has 1 N–H and O–H groups in total. The second-order valence-electron chi connectivity index (χ2n) is 6.34. The number of para-hydroxylation sites is 1. The van der Waals surface area contributed by atoms with Gasteiger partial charge in [0.2, 0.25) is 0 Å². The Balaban J connectivity index is 1.93. The van der Waals surface area contributed by atoms with E-state index in [0.717, 1.165) is 6.07 Å². The van der Waals surface area contributed by atoms with Gasteiger partial charge in [-0.15, -0.1) is 5.10 Å². The summed E-state index contributed by atoms with van der Waals surface area (Å²) in [6.45, 7) is 1.57. The number of carbonyl (C=O) groups excluding carboxylic acids is 1. The van der Waals surface area contributed by atoms with Gasteiger partial charge in [-0.1, -0.05) is 18.2 Å². The highest BCUT2D eigenvalue weighted by Gasteiger charge is 2.35. The molecule has 0 atom stereocenters. The van der Waals surface area contributed by atoms with Crippen LogP contribution in [0.5, 0.6) is 0 Å². The minimum atomic E-state index is -4.62. The summed E-state index contributed by atoms with van der Waals surface area (Å²) in [7, 11) is 3.28. The number of aryl methyl sites for hydroxylation is 1. The molecule has 3 aromatic rings. The van der Waals surface area contributed by atoms with Gasteiger partial charge in [0.15, 0.2) is 5.69 Å². The Bertz CT molecular complexity index is 997. The Morgan fingerprint density at radius 3 is 2.36 bits per heavy atom. The van der Waals surface area contributed by atoms with Gasteiger partial charge in [-0.05, 0) is 37.3 Å². The van der Waals surface area contributed by atoms with E-state index in [2.05, 4.69) is 15.5 Å². The normalized spacial score (nSPS) is 11.4. The van der Waals surface area contributed by atoms with Gasteiger partial charge < -0.3 is 10.2 Å². The maximum Gasteiger partial charge on any atom is 0.418 e. The molecule has 0 spiro atoms. The Morgan fingerprint density at radius 2 is 1.75 bits per heavy atom. The third-order valence-corrected chi connectivity index (χ3v) is 4.06. The maximum absolute atomic E-state index is 13.4. The number of nitrogens with one attached hydrogen (secondary N) is 1. The molecule has 1 aromatic heterocycles. The molecule has 0 aliphatic heterocycles. The van der Waals surface area contributed by atoms with Crippen molar-refractivity contribution >= 4 is 17.3 Å². The van der Waals surface area contributed by atoms with Crippen LogP contribution in [0.3, 0.4) is 0 Å². The fourth-order valence-electron chi connectivity index (χ4n) is 2.60. The van der Waals surface area contributed by atoms with E-state index < -0.39 is 17.6 Å². The molecular weight excluding hydrogens is 371 g/mol. The summed E-state index contributed by atoms with van der Waals surface area (Å²) in [6.07, 6.45) is -4.62. The zero-order chi connectivity index (χ0) is 20.5. The number of nitrogens with zero attached hydrogens (tertiary/aromatic N) is 4. The Labute approximate surface area is 159 Å². The predicted molar refractivity (Wildman–Crippen MR) is 99.8 cm³/mol. The van der Waals surface area contributed by atoms with Crippen LogP contribution >= 0.6 is 0 Å². The van der Waals surface area contributed by atoms with Gasteiger partial charge in [-0.25, -0.2) is 0 Å². The summed E-state index contributed by atoms with van der Waals surface area (Å²) in [4.78, 5) is 15.4. The van der Waals surface area contributed by atoms with Crippen LogP contribution in [0.4, 0.5) is 24.5 Å². The molecule has 6 nitrogen and oxygen atoms in total. The van der Waals surface area contributed by atoms with Gasteiger partial charge >= 0.3 is 6.18 Å². The lowest BCUT2D eigenvalue weighted by Crippen LogP contribution is -2.19. The van der Waals surface area contributed by atoms with Crippen molar-refractivity contribution in [2.45, 2.75) is 13.1 Å². The summed E-state index contributed by atoms with van der Waals surface area (Å²) in [5, 5.41) is 10.6. The Morgan fingerprint density at radius 1 is 1.07 bits per heavy atom. The zero-order valence-electron chi connectivity index (χ0n) is 15.4. The fourth-order valence-corrected chi connectivity index (χ4v) is 2.60. The number of hydrogen-bond acceptors (Lipinski definition) is 4. The smallest absolute Gasteiger partial charge is 0.378 e. The number of benzene rings is 2. The average molecular weight is 389 g/mol. The molecule has 0 saturated heterocycles. The molecule has 1 amide bonds. The van der Waals surface area contributed by atoms with E-state index in [9.17, 15) is 18.0 Å². The second kappa shape index (κ2) is 7.34.